The molecule has 1 aromatic carbocycles. The van der Waals surface area contributed by atoms with Gasteiger partial charge in [0, 0.05) is 11.8 Å². The normalized spacial score (nSPS) is 27.0. The molecule has 0 bridgehead atoms. The first-order valence-electron chi connectivity index (χ1n) is 10.7. The Morgan fingerprint density at radius 3 is 2.56 bits per heavy atom. The van der Waals surface area contributed by atoms with Crippen molar-refractivity contribution < 1.29 is 23.0 Å². The van der Waals surface area contributed by atoms with Gasteiger partial charge in [-0.1, -0.05) is 18.7 Å². The van der Waals surface area contributed by atoms with Crippen molar-refractivity contribution in [3.05, 3.63) is 54.4 Å². The van der Waals surface area contributed by atoms with E-state index in [1.54, 1.807) is 6.08 Å². The lowest BCUT2D eigenvalue weighted by atomic mass is 9.52. The zero-order chi connectivity index (χ0) is 23.6. The molecule has 9 heteroatoms. The predicted octanol–water partition coefficient (Wildman–Crippen LogP) is 3.02. The van der Waals surface area contributed by atoms with Crippen LogP contribution in [0.25, 0.3) is 0 Å². The Kier molecular flexibility index (Phi) is 7.28. The van der Waals surface area contributed by atoms with Crippen molar-refractivity contribution in [1.29, 1.82) is 0 Å². The fourth-order valence-electron chi connectivity index (χ4n) is 5.15. The third-order valence-corrected chi connectivity index (χ3v) is 6.54. The summed E-state index contributed by atoms with van der Waals surface area (Å²) in [5.41, 5.74) is 0.257. The van der Waals surface area contributed by atoms with Crippen LogP contribution < -0.4 is 10.1 Å². The second kappa shape index (κ2) is 9.46. The van der Waals surface area contributed by atoms with E-state index in [-0.39, 0.29) is 19.1 Å². The van der Waals surface area contributed by atoms with Gasteiger partial charge in [-0.3, -0.25) is 9.18 Å². The molecule has 164 valence electrons. The molecule has 1 amide bonds. The van der Waals surface area contributed by atoms with Crippen LogP contribution in [0.5, 0.6) is 5.75 Å². The fourth-order valence-corrected chi connectivity index (χ4v) is 5.15. The molecule has 0 heterocycles. The molecule has 0 saturated heterocycles. The van der Waals surface area contributed by atoms with Crippen LogP contribution in [0.1, 0.15) is 43.2 Å². The summed E-state index contributed by atoms with van der Waals surface area (Å²) < 4.78 is 37.4. The number of alkyl halides is 1. The molecule has 1 aromatic rings. The van der Waals surface area contributed by atoms with E-state index in [2.05, 4.69) is 18.5 Å². The van der Waals surface area contributed by atoms with E-state index in [0.29, 0.717) is 37.9 Å². The Morgan fingerprint density at radius 2 is 2.00 bits per heavy atom. The van der Waals surface area contributed by atoms with Gasteiger partial charge in [-0.2, -0.15) is 0 Å². The molecule has 2 aliphatic rings. The van der Waals surface area contributed by atoms with Crippen LogP contribution in [0, 0.1) is 5.41 Å². The molecule has 0 aromatic heterocycles. The average Bonchev–Trinajstić information content (AvgIpc) is 2.98. The van der Waals surface area contributed by atoms with Crippen molar-refractivity contribution >= 4 is 29.4 Å². The molecule has 1 saturated carbocycles. The van der Waals surface area contributed by atoms with E-state index in [9.17, 15) is 13.6 Å². The predicted molar refractivity (Wildman–Crippen MR) is 122 cm³/mol. The summed E-state index contributed by atoms with van der Waals surface area (Å²) in [6.07, 6.45) is 4.80. The highest BCUT2D eigenvalue weighted by Crippen LogP contribution is 2.59. The van der Waals surface area contributed by atoms with Gasteiger partial charge in [-0.25, -0.2) is 4.39 Å². The van der Waals surface area contributed by atoms with Crippen molar-refractivity contribution in [2.45, 2.75) is 55.5 Å². The van der Waals surface area contributed by atoms with Crippen LogP contribution in [-0.4, -0.2) is 54.1 Å². The Balaban J connectivity index is 1.97. The highest BCUT2D eigenvalue weighted by Gasteiger charge is 2.58. The van der Waals surface area contributed by atoms with Gasteiger partial charge in [0.2, 0.25) is 0 Å². The van der Waals surface area contributed by atoms with Crippen molar-refractivity contribution in [1.82, 2.24) is 5.32 Å². The number of hydrogen-bond acceptors (Lipinski definition) is 3. The summed E-state index contributed by atoms with van der Waals surface area (Å²) >= 11 is 0. The van der Waals surface area contributed by atoms with E-state index in [1.165, 1.54) is 0 Å². The highest BCUT2D eigenvalue weighted by molar-refractivity contribution is 6.58. The molecule has 32 heavy (non-hydrogen) atoms. The maximum Gasteiger partial charge on any atom is 0.280 e. The summed E-state index contributed by atoms with van der Waals surface area (Å²) in [5, 5.41) is 1.13. The number of halogens is 2. The van der Waals surface area contributed by atoms with Gasteiger partial charge >= 0.3 is 0 Å². The number of benzene rings is 1. The molecule has 1 atom stereocenters. The van der Waals surface area contributed by atoms with Crippen LogP contribution >= 0.6 is 0 Å². The number of rotatable bonds is 9. The molecule has 1 spiro atoms. The lowest BCUT2D eigenvalue weighted by Gasteiger charge is -2.49. The quantitative estimate of drug-likeness (QED) is 0.281. The van der Waals surface area contributed by atoms with Crippen molar-refractivity contribution in [3.63, 3.8) is 0 Å². The first-order valence-corrected chi connectivity index (χ1v) is 10.7. The van der Waals surface area contributed by atoms with Gasteiger partial charge in [0.05, 0.1) is 48.5 Å². The van der Waals surface area contributed by atoms with Gasteiger partial charge in [-0.05, 0) is 60.7 Å². The number of carbonyl (C=O) groups is 1. The Morgan fingerprint density at radius 1 is 1.31 bits per heavy atom. The van der Waals surface area contributed by atoms with Gasteiger partial charge in [-0.15, -0.1) is 6.58 Å². The van der Waals surface area contributed by atoms with Crippen molar-refractivity contribution in [2.75, 3.05) is 13.3 Å². The van der Waals surface area contributed by atoms with Gasteiger partial charge in [0.25, 0.3) is 5.91 Å². The summed E-state index contributed by atoms with van der Waals surface area (Å²) in [7, 11) is 16.8. The van der Waals surface area contributed by atoms with Gasteiger partial charge in [0.15, 0.2) is 5.83 Å². The fraction of sp³-hybridized carbons (Fsp3) is 0.522. The van der Waals surface area contributed by atoms with Crippen LogP contribution in [0.3, 0.4) is 0 Å². The Bertz CT molecular complexity index is 882. The molecule has 1 unspecified atom stereocenters. The van der Waals surface area contributed by atoms with E-state index in [1.807, 2.05) is 18.2 Å². The minimum Gasteiger partial charge on any atom is -0.493 e. The molecule has 0 aliphatic heterocycles. The monoisotopic (exact) mass is 435 g/mol. The lowest BCUT2D eigenvalue weighted by Crippen LogP contribution is -2.56. The third-order valence-electron chi connectivity index (χ3n) is 6.54. The van der Waals surface area contributed by atoms with Crippen LogP contribution in [0.4, 0.5) is 8.78 Å². The standard InChI is InChI=1S/C23H26B3F2NO3/c1-3-22(29-20(30)15(2)28)19-13-18(31-12-4-11-27)6-5-16(19)14-21(22)9-7-17(8-10-21)32-23(24,25)26/h3,5-6,13,17H,1-2,4,7-12,14H2,(H,29,30). The maximum atomic E-state index is 13.8. The number of hydrogen-bond donors (Lipinski definition) is 1. The molecular formula is C23H26B3F2NO3. The topological polar surface area (TPSA) is 47.6 Å². The maximum absolute atomic E-state index is 13.8. The first-order chi connectivity index (χ1) is 15.1. The minimum absolute atomic E-state index is 0.229. The molecular weight excluding hydrogens is 409 g/mol. The zero-order valence-corrected chi connectivity index (χ0v) is 18.2. The molecule has 4 nitrogen and oxygen atoms in total. The number of nitrogens with one attached hydrogen (secondary N) is 1. The SMILES string of the molecule is [B]C([B])([B])OC1CCC2(CC1)Cc1ccc(OCCCF)cc1C2(C=C)NC(=O)C(=C)F. The summed E-state index contributed by atoms with van der Waals surface area (Å²) in [5.74, 6) is -1.43. The molecule has 1 N–H and O–H groups in total. The van der Waals surface area contributed by atoms with Crippen LogP contribution in [0.2, 0.25) is 0 Å². The number of carbonyl (C=O) groups excluding carboxylic acids is 1. The van der Waals surface area contributed by atoms with Crippen molar-refractivity contribution in [3.8, 4) is 5.75 Å². The smallest absolute Gasteiger partial charge is 0.280 e. The second-order valence-corrected chi connectivity index (χ2v) is 8.71. The average molecular weight is 435 g/mol. The Hall–Kier alpha value is -2.02. The summed E-state index contributed by atoms with van der Waals surface area (Å²) in [6, 6.07) is 5.57. The van der Waals surface area contributed by atoms with E-state index in [0.717, 1.165) is 11.1 Å². The zero-order valence-electron chi connectivity index (χ0n) is 18.2. The molecule has 2 aliphatic carbocycles. The minimum atomic E-state index is -1.73. The lowest BCUT2D eigenvalue weighted by molar-refractivity contribution is -0.122. The van der Waals surface area contributed by atoms with Crippen LogP contribution in [-0.2, 0) is 21.5 Å². The van der Waals surface area contributed by atoms with E-state index >= 15 is 0 Å². The van der Waals surface area contributed by atoms with Gasteiger partial charge in [0.1, 0.15) is 5.75 Å². The van der Waals surface area contributed by atoms with Gasteiger partial charge < -0.3 is 14.8 Å². The van der Waals surface area contributed by atoms with E-state index in [4.69, 9.17) is 33.0 Å². The molecule has 6 radical (unpaired) electrons. The Labute approximate surface area is 192 Å². The summed E-state index contributed by atoms with van der Waals surface area (Å²) in [6.45, 7) is 6.90. The largest absolute Gasteiger partial charge is 0.493 e. The number of fused-ring (bicyclic) bond motifs is 1. The highest BCUT2D eigenvalue weighted by atomic mass is 19.1. The third kappa shape index (κ3) is 4.83. The number of ether oxygens (including phenoxy) is 2. The van der Waals surface area contributed by atoms with E-state index < -0.39 is 34.7 Å². The molecule has 1 fully saturated rings. The number of amides is 1. The summed E-state index contributed by atoms with van der Waals surface area (Å²) in [4.78, 5) is 12.5. The van der Waals surface area contributed by atoms with Crippen molar-refractivity contribution in [2.24, 2.45) is 5.41 Å². The molecule has 3 rings (SSSR count). The van der Waals surface area contributed by atoms with Crippen LogP contribution in [0.15, 0.2) is 43.3 Å². The first kappa shape index (κ1) is 24.6. The second-order valence-electron chi connectivity index (χ2n) is 8.71.